The molecule has 0 aromatic carbocycles. The summed E-state index contributed by atoms with van der Waals surface area (Å²) in [5, 5.41) is 7.34. The highest BCUT2D eigenvalue weighted by molar-refractivity contribution is 5.61. The Hall–Kier alpha value is -1.16. The van der Waals surface area contributed by atoms with Crippen molar-refractivity contribution in [1.82, 2.24) is 15.5 Å². The molecule has 4 nitrogen and oxygen atoms in total. The number of hydrogen-bond acceptors (Lipinski definition) is 4. The van der Waals surface area contributed by atoms with Crippen LogP contribution >= 0.6 is 0 Å². The fourth-order valence-electron chi connectivity index (χ4n) is 1.86. The number of aryl methyl sites for hydroxylation is 1. The zero-order chi connectivity index (χ0) is 11.4. The predicted molar refractivity (Wildman–Crippen MR) is 62.9 cm³/mol. The van der Waals surface area contributed by atoms with Crippen LogP contribution in [0.1, 0.15) is 38.4 Å². The number of unbranched alkanes of at least 4 members (excludes halogenated alkanes) is 1. The van der Waals surface area contributed by atoms with Crippen molar-refractivity contribution >= 4 is 5.57 Å². The summed E-state index contributed by atoms with van der Waals surface area (Å²) in [5.74, 6) is 2.05. The van der Waals surface area contributed by atoms with Gasteiger partial charge in [-0.1, -0.05) is 31.5 Å². The van der Waals surface area contributed by atoms with E-state index in [4.69, 9.17) is 4.52 Å². The van der Waals surface area contributed by atoms with E-state index >= 15 is 0 Å². The van der Waals surface area contributed by atoms with Crippen molar-refractivity contribution < 1.29 is 4.52 Å². The minimum Gasteiger partial charge on any atom is -0.334 e. The Kier molecular flexibility index (Phi) is 3.72. The van der Waals surface area contributed by atoms with Gasteiger partial charge >= 0.3 is 0 Å². The molecule has 0 bridgehead atoms. The molecule has 1 atom stereocenters. The van der Waals surface area contributed by atoms with Crippen LogP contribution in [0, 0.1) is 5.92 Å². The number of nitrogens with one attached hydrogen (secondary N) is 1. The Morgan fingerprint density at radius 1 is 1.56 bits per heavy atom. The second kappa shape index (κ2) is 5.25. The van der Waals surface area contributed by atoms with E-state index in [0.717, 1.165) is 43.7 Å². The van der Waals surface area contributed by atoms with E-state index in [1.807, 2.05) is 0 Å². The minimum absolute atomic E-state index is 0.537. The minimum atomic E-state index is 0.537. The Bertz CT molecular complexity index is 370. The first-order valence-electron chi connectivity index (χ1n) is 6.04. The van der Waals surface area contributed by atoms with E-state index in [-0.39, 0.29) is 0 Å². The Labute approximate surface area is 96.1 Å². The molecule has 0 radical (unpaired) electrons. The lowest BCUT2D eigenvalue weighted by Crippen LogP contribution is -2.27. The standard InChI is InChI=1S/C12H19N3O/c1-3-4-5-11-14-12(16-15-11)10-6-9(2)7-13-8-10/h6,9,13H,3-5,7-8H2,1-2H3. The van der Waals surface area contributed by atoms with E-state index < -0.39 is 0 Å². The maximum absolute atomic E-state index is 5.28. The van der Waals surface area contributed by atoms with E-state index in [1.165, 1.54) is 0 Å². The van der Waals surface area contributed by atoms with Gasteiger partial charge in [0, 0.05) is 25.1 Å². The summed E-state index contributed by atoms with van der Waals surface area (Å²) in [4.78, 5) is 4.42. The van der Waals surface area contributed by atoms with Gasteiger partial charge in [-0.2, -0.15) is 4.98 Å². The molecule has 0 saturated carbocycles. The molecular weight excluding hydrogens is 202 g/mol. The summed E-state index contributed by atoms with van der Waals surface area (Å²) in [7, 11) is 0. The van der Waals surface area contributed by atoms with E-state index in [0.29, 0.717) is 11.8 Å². The second-order valence-electron chi connectivity index (χ2n) is 4.42. The van der Waals surface area contributed by atoms with Crippen molar-refractivity contribution in [1.29, 1.82) is 0 Å². The Morgan fingerprint density at radius 3 is 3.19 bits per heavy atom. The fourth-order valence-corrected chi connectivity index (χ4v) is 1.86. The van der Waals surface area contributed by atoms with Crippen LogP contribution in [0.25, 0.3) is 5.57 Å². The lowest BCUT2D eigenvalue weighted by atomic mass is 10.0. The molecule has 0 spiro atoms. The molecule has 2 rings (SSSR count). The SMILES string of the molecule is CCCCc1noc(C2=CC(C)CNC2)n1. The third-order valence-corrected chi connectivity index (χ3v) is 2.76. The molecule has 1 aliphatic rings. The number of aromatic nitrogens is 2. The normalized spacial score (nSPS) is 20.9. The van der Waals surface area contributed by atoms with Crippen LogP contribution in [-0.4, -0.2) is 23.2 Å². The quantitative estimate of drug-likeness (QED) is 0.845. The lowest BCUT2D eigenvalue weighted by Gasteiger charge is -2.16. The lowest BCUT2D eigenvalue weighted by molar-refractivity contribution is 0.396. The maximum Gasteiger partial charge on any atom is 0.254 e. The first-order chi connectivity index (χ1) is 7.79. The number of rotatable bonds is 4. The molecule has 1 aliphatic heterocycles. The highest BCUT2D eigenvalue weighted by Crippen LogP contribution is 2.17. The second-order valence-corrected chi connectivity index (χ2v) is 4.42. The first kappa shape index (κ1) is 11.3. The molecule has 0 amide bonds. The summed E-state index contributed by atoms with van der Waals surface area (Å²) >= 11 is 0. The molecule has 0 fully saturated rings. The summed E-state index contributed by atoms with van der Waals surface area (Å²) < 4.78 is 5.28. The average molecular weight is 221 g/mol. The highest BCUT2D eigenvalue weighted by atomic mass is 16.5. The van der Waals surface area contributed by atoms with Crippen LogP contribution in [0.3, 0.4) is 0 Å². The van der Waals surface area contributed by atoms with E-state index in [1.54, 1.807) is 0 Å². The summed E-state index contributed by atoms with van der Waals surface area (Å²) in [6, 6.07) is 0. The third kappa shape index (κ3) is 2.70. The van der Waals surface area contributed by atoms with Crippen molar-refractivity contribution in [3.05, 3.63) is 17.8 Å². The third-order valence-electron chi connectivity index (χ3n) is 2.76. The molecule has 1 aromatic rings. The van der Waals surface area contributed by atoms with Crippen molar-refractivity contribution in [2.45, 2.75) is 33.1 Å². The highest BCUT2D eigenvalue weighted by Gasteiger charge is 2.15. The summed E-state index contributed by atoms with van der Waals surface area (Å²) in [6.07, 6.45) is 5.40. The van der Waals surface area contributed by atoms with Crippen molar-refractivity contribution in [2.24, 2.45) is 5.92 Å². The predicted octanol–water partition coefficient (Wildman–Crippen LogP) is 2.03. The van der Waals surface area contributed by atoms with E-state index in [9.17, 15) is 0 Å². The molecule has 1 aromatic heterocycles. The molecular formula is C12H19N3O. The van der Waals surface area contributed by atoms with Crippen molar-refractivity contribution in [3.8, 4) is 0 Å². The molecule has 4 heteroatoms. The van der Waals surface area contributed by atoms with Crippen LogP contribution in [-0.2, 0) is 6.42 Å². The topological polar surface area (TPSA) is 51.0 Å². The van der Waals surface area contributed by atoms with Gasteiger partial charge < -0.3 is 9.84 Å². The van der Waals surface area contributed by atoms with Crippen LogP contribution in [0.5, 0.6) is 0 Å². The van der Waals surface area contributed by atoms with Gasteiger partial charge in [-0.05, 0) is 12.3 Å². The monoisotopic (exact) mass is 221 g/mol. The Morgan fingerprint density at radius 2 is 2.44 bits per heavy atom. The average Bonchev–Trinajstić information content (AvgIpc) is 2.75. The van der Waals surface area contributed by atoms with Gasteiger partial charge in [0.2, 0.25) is 0 Å². The zero-order valence-corrected chi connectivity index (χ0v) is 9.99. The van der Waals surface area contributed by atoms with Gasteiger partial charge in [0.25, 0.3) is 5.89 Å². The summed E-state index contributed by atoms with van der Waals surface area (Å²) in [5.41, 5.74) is 1.13. The molecule has 1 N–H and O–H groups in total. The molecule has 16 heavy (non-hydrogen) atoms. The van der Waals surface area contributed by atoms with Crippen LogP contribution < -0.4 is 5.32 Å². The molecule has 88 valence electrons. The van der Waals surface area contributed by atoms with Crippen LogP contribution in [0.2, 0.25) is 0 Å². The molecule has 1 unspecified atom stereocenters. The van der Waals surface area contributed by atoms with Crippen LogP contribution in [0.15, 0.2) is 10.6 Å². The van der Waals surface area contributed by atoms with E-state index in [2.05, 4.69) is 35.4 Å². The van der Waals surface area contributed by atoms with Gasteiger partial charge in [-0.15, -0.1) is 0 Å². The van der Waals surface area contributed by atoms with Crippen molar-refractivity contribution in [3.63, 3.8) is 0 Å². The van der Waals surface area contributed by atoms with Gasteiger partial charge in [0.1, 0.15) is 0 Å². The summed E-state index contributed by atoms with van der Waals surface area (Å²) in [6.45, 7) is 6.21. The molecule has 0 aliphatic carbocycles. The first-order valence-corrected chi connectivity index (χ1v) is 6.04. The maximum atomic E-state index is 5.28. The molecule has 0 saturated heterocycles. The largest absolute Gasteiger partial charge is 0.334 e. The van der Waals surface area contributed by atoms with Gasteiger partial charge in [0.15, 0.2) is 5.82 Å². The van der Waals surface area contributed by atoms with Gasteiger partial charge in [-0.3, -0.25) is 0 Å². The smallest absolute Gasteiger partial charge is 0.254 e. The fraction of sp³-hybridized carbons (Fsp3) is 0.667. The zero-order valence-electron chi connectivity index (χ0n) is 9.99. The van der Waals surface area contributed by atoms with Gasteiger partial charge in [0.05, 0.1) is 0 Å². The number of hydrogen-bond donors (Lipinski definition) is 1. The Balaban J connectivity index is 2.06. The van der Waals surface area contributed by atoms with Crippen molar-refractivity contribution in [2.75, 3.05) is 13.1 Å². The van der Waals surface area contributed by atoms with Gasteiger partial charge in [-0.25, -0.2) is 0 Å². The van der Waals surface area contributed by atoms with Crippen LogP contribution in [0.4, 0.5) is 0 Å². The molecule has 2 heterocycles. The number of nitrogens with zero attached hydrogens (tertiary/aromatic N) is 2.